The third-order valence-electron chi connectivity index (χ3n) is 4.32. The normalized spacial score (nSPS) is 16.0. The lowest BCUT2D eigenvalue weighted by Gasteiger charge is -2.36. The summed E-state index contributed by atoms with van der Waals surface area (Å²) in [6, 6.07) is 6.34. The predicted octanol–water partition coefficient (Wildman–Crippen LogP) is 2.84. The molecule has 1 fully saturated rings. The minimum absolute atomic E-state index is 0.131. The Bertz CT molecular complexity index is 698. The first-order valence-electron chi connectivity index (χ1n) is 7.45. The zero-order valence-corrected chi connectivity index (χ0v) is 14.4. The van der Waals surface area contributed by atoms with E-state index in [1.807, 2.05) is 36.3 Å². The number of piperidine rings is 1. The van der Waals surface area contributed by atoms with Crippen molar-refractivity contribution < 1.29 is 4.79 Å². The molecule has 0 N–H and O–H groups in total. The number of halogens is 1. The fourth-order valence-corrected chi connectivity index (χ4v) is 3.24. The number of anilines is 1. The number of hydrogen-bond donors (Lipinski definition) is 0. The van der Waals surface area contributed by atoms with Crippen LogP contribution in [0.15, 0.2) is 28.9 Å². The largest absolute Gasteiger partial charge is 0.343 e. The maximum Gasteiger partial charge on any atom is 0.225 e. The molecule has 0 spiro atoms. The summed E-state index contributed by atoms with van der Waals surface area (Å²) in [7, 11) is 1.88. The van der Waals surface area contributed by atoms with Crippen LogP contribution in [0.4, 0.5) is 5.95 Å². The van der Waals surface area contributed by atoms with Crippen LogP contribution in [0.5, 0.6) is 0 Å². The fourth-order valence-electron chi connectivity index (χ4n) is 2.86. The van der Waals surface area contributed by atoms with Gasteiger partial charge in [0, 0.05) is 49.2 Å². The van der Waals surface area contributed by atoms with Gasteiger partial charge in [-0.2, -0.15) is 0 Å². The smallest absolute Gasteiger partial charge is 0.225 e. The van der Waals surface area contributed by atoms with Gasteiger partial charge in [0.05, 0.1) is 5.52 Å². The first-order chi connectivity index (χ1) is 10.5. The first kappa shape index (κ1) is 15.2. The molecule has 0 atom stereocenters. The van der Waals surface area contributed by atoms with Gasteiger partial charge in [0.2, 0.25) is 11.9 Å². The summed E-state index contributed by atoms with van der Waals surface area (Å²) in [5.74, 6) is 0.907. The molecule has 0 aliphatic carbocycles. The van der Waals surface area contributed by atoms with Crippen LogP contribution in [0.2, 0.25) is 0 Å². The van der Waals surface area contributed by atoms with Gasteiger partial charge in [-0.05, 0) is 31.0 Å². The highest BCUT2D eigenvalue weighted by atomic mass is 79.9. The summed E-state index contributed by atoms with van der Waals surface area (Å²) in [6.45, 7) is 3.38. The lowest BCUT2D eigenvalue weighted by Crippen LogP contribution is -2.45. The molecule has 0 radical (unpaired) electrons. The van der Waals surface area contributed by atoms with Crippen LogP contribution in [0.1, 0.15) is 19.8 Å². The van der Waals surface area contributed by atoms with E-state index in [2.05, 4.69) is 30.8 Å². The number of hydrogen-bond acceptors (Lipinski definition) is 4. The van der Waals surface area contributed by atoms with Crippen molar-refractivity contribution in [1.82, 2.24) is 14.9 Å². The molecule has 1 aliphatic rings. The number of carbonyl (C=O) groups is 1. The second-order valence-electron chi connectivity index (χ2n) is 5.72. The Balaban J connectivity index is 1.73. The number of carbonyl (C=O) groups excluding carboxylic acids is 1. The minimum atomic E-state index is 0.131. The van der Waals surface area contributed by atoms with Crippen molar-refractivity contribution in [2.24, 2.45) is 0 Å². The summed E-state index contributed by atoms with van der Waals surface area (Å²) >= 11 is 3.46. The van der Waals surface area contributed by atoms with Crippen molar-refractivity contribution in [2.75, 3.05) is 25.0 Å². The Labute approximate surface area is 138 Å². The highest BCUT2D eigenvalue weighted by Crippen LogP contribution is 2.23. The summed E-state index contributed by atoms with van der Waals surface area (Å²) in [4.78, 5) is 24.6. The number of fused-ring (bicyclic) bond motifs is 1. The van der Waals surface area contributed by atoms with E-state index in [0.717, 1.165) is 47.3 Å². The van der Waals surface area contributed by atoms with E-state index >= 15 is 0 Å². The van der Waals surface area contributed by atoms with Crippen molar-refractivity contribution in [3.63, 3.8) is 0 Å². The van der Waals surface area contributed by atoms with Gasteiger partial charge in [-0.15, -0.1) is 0 Å². The molecule has 22 heavy (non-hydrogen) atoms. The van der Waals surface area contributed by atoms with Gasteiger partial charge >= 0.3 is 0 Å². The van der Waals surface area contributed by atoms with Crippen LogP contribution in [-0.2, 0) is 4.79 Å². The second-order valence-corrected chi connectivity index (χ2v) is 6.64. The zero-order valence-electron chi connectivity index (χ0n) is 12.8. The van der Waals surface area contributed by atoms with Crippen molar-refractivity contribution in [1.29, 1.82) is 0 Å². The maximum atomic E-state index is 11.5. The van der Waals surface area contributed by atoms with Crippen LogP contribution in [-0.4, -0.2) is 47.0 Å². The summed E-state index contributed by atoms with van der Waals surface area (Å²) in [6.07, 6.45) is 3.78. The Hall–Kier alpha value is -1.69. The minimum Gasteiger partial charge on any atom is -0.343 e. The van der Waals surface area contributed by atoms with E-state index in [0.29, 0.717) is 6.04 Å². The Morgan fingerprint density at radius 1 is 1.36 bits per heavy atom. The molecule has 116 valence electrons. The van der Waals surface area contributed by atoms with E-state index in [1.54, 1.807) is 6.92 Å². The van der Waals surface area contributed by atoms with Crippen LogP contribution in [0.3, 0.4) is 0 Å². The molecule has 1 aromatic carbocycles. The maximum absolute atomic E-state index is 11.5. The Morgan fingerprint density at radius 3 is 2.77 bits per heavy atom. The summed E-state index contributed by atoms with van der Waals surface area (Å²) in [5.41, 5.74) is 0.955. The van der Waals surface area contributed by atoms with Crippen molar-refractivity contribution in [2.45, 2.75) is 25.8 Å². The third-order valence-corrected chi connectivity index (χ3v) is 4.81. The number of nitrogens with zero attached hydrogens (tertiary/aromatic N) is 4. The lowest BCUT2D eigenvalue weighted by atomic mass is 10.0. The Morgan fingerprint density at radius 2 is 2.09 bits per heavy atom. The van der Waals surface area contributed by atoms with Gasteiger partial charge in [0.1, 0.15) is 0 Å². The molecule has 1 amide bonds. The summed E-state index contributed by atoms with van der Waals surface area (Å²) in [5, 5.41) is 1.03. The van der Waals surface area contributed by atoms with Gasteiger partial charge in [-0.1, -0.05) is 15.9 Å². The molecule has 0 unspecified atom stereocenters. The predicted molar refractivity (Wildman–Crippen MR) is 90.9 cm³/mol. The van der Waals surface area contributed by atoms with Crippen molar-refractivity contribution >= 4 is 38.7 Å². The highest BCUT2D eigenvalue weighted by molar-refractivity contribution is 9.10. The molecule has 1 saturated heterocycles. The van der Waals surface area contributed by atoms with E-state index in [-0.39, 0.29) is 5.91 Å². The molecule has 1 aliphatic heterocycles. The topological polar surface area (TPSA) is 49.3 Å². The van der Waals surface area contributed by atoms with E-state index in [9.17, 15) is 4.79 Å². The Kier molecular flexibility index (Phi) is 4.29. The van der Waals surface area contributed by atoms with Crippen LogP contribution < -0.4 is 4.90 Å². The molecule has 2 aromatic rings. The second kappa shape index (κ2) is 6.20. The van der Waals surface area contributed by atoms with E-state index in [4.69, 9.17) is 0 Å². The molecule has 2 heterocycles. The average Bonchev–Trinajstić information content (AvgIpc) is 2.53. The molecular weight excluding hydrogens is 344 g/mol. The monoisotopic (exact) mass is 362 g/mol. The first-order valence-corrected chi connectivity index (χ1v) is 8.24. The van der Waals surface area contributed by atoms with Gasteiger partial charge < -0.3 is 9.80 Å². The van der Waals surface area contributed by atoms with Crippen LogP contribution in [0, 0.1) is 0 Å². The van der Waals surface area contributed by atoms with Crippen LogP contribution in [0.25, 0.3) is 10.9 Å². The fraction of sp³-hybridized carbons (Fsp3) is 0.438. The highest BCUT2D eigenvalue weighted by Gasteiger charge is 2.25. The molecule has 1 aromatic heterocycles. The summed E-state index contributed by atoms with van der Waals surface area (Å²) < 4.78 is 1.03. The molecule has 0 saturated carbocycles. The number of rotatable bonds is 2. The van der Waals surface area contributed by atoms with Gasteiger partial charge in [0.25, 0.3) is 0 Å². The molecule has 3 rings (SSSR count). The van der Waals surface area contributed by atoms with Gasteiger partial charge in [-0.25, -0.2) is 9.97 Å². The SMILES string of the molecule is CC(=O)N(C)C1CCN(c2ncc3cc(Br)ccc3n2)CC1. The van der Waals surface area contributed by atoms with Crippen LogP contribution >= 0.6 is 15.9 Å². The standard InChI is InChI=1S/C16H19BrN4O/c1-11(22)20(2)14-5-7-21(8-6-14)16-18-10-12-9-13(17)3-4-15(12)19-16/h3-4,9-10,14H,5-8H2,1-2H3. The van der Waals surface area contributed by atoms with Gasteiger partial charge in [-0.3, -0.25) is 4.79 Å². The molecule has 0 bridgehead atoms. The number of benzene rings is 1. The number of amides is 1. The third kappa shape index (κ3) is 3.06. The van der Waals surface area contributed by atoms with Crippen molar-refractivity contribution in [3.05, 3.63) is 28.9 Å². The zero-order chi connectivity index (χ0) is 15.7. The quantitative estimate of drug-likeness (QED) is 0.823. The van der Waals surface area contributed by atoms with Gasteiger partial charge in [0.15, 0.2) is 0 Å². The van der Waals surface area contributed by atoms with Crippen molar-refractivity contribution in [3.8, 4) is 0 Å². The van der Waals surface area contributed by atoms with E-state index in [1.165, 1.54) is 0 Å². The molecular formula is C16H19BrN4O. The molecule has 6 heteroatoms. The number of aromatic nitrogens is 2. The molecule has 5 nitrogen and oxygen atoms in total. The average molecular weight is 363 g/mol. The lowest BCUT2D eigenvalue weighted by molar-refractivity contribution is -0.129. The van der Waals surface area contributed by atoms with E-state index < -0.39 is 0 Å².